The van der Waals surface area contributed by atoms with E-state index in [1.807, 2.05) is 6.92 Å². The molecule has 1 heterocycles. The summed E-state index contributed by atoms with van der Waals surface area (Å²) in [5.41, 5.74) is 6.01. The summed E-state index contributed by atoms with van der Waals surface area (Å²) >= 11 is 0. The zero-order valence-corrected chi connectivity index (χ0v) is 11.5. The lowest BCUT2D eigenvalue weighted by Gasteiger charge is -2.15. The predicted octanol–water partition coefficient (Wildman–Crippen LogP) is 2.72. The highest BCUT2D eigenvalue weighted by atomic mass is 16.5. The van der Waals surface area contributed by atoms with Crippen molar-refractivity contribution in [3.63, 3.8) is 0 Å². The number of aromatic nitrogens is 2. The third kappa shape index (κ3) is 6.41. The van der Waals surface area contributed by atoms with Crippen LogP contribution in [0.5, 0.6) is 0 Å². The van der Waals surface area contributed by atoms with Crippen LogP contribution in [0.1, 0.15) is 58.7 Å². The Labute approximate surface area is 104 Å². The molecule has 98 valence electrons. The molecule has 0 saturated carbocycles. The molecule has 0 amide bonds. The zero-order valence-electron chi connectivity index (χ0n) is 11.5. The molecule has 0 saturated heterocycles. The Balaban J connectivity index is 2.32. The van der Waals surface area contributed by atoms with Crippen molar-refractivity contribution < 1.29 is 4.52 Å². The van der Waals surface area contributed by atoms with Crippen LogP contribution in [0, 0.1) is 5.41 Å². The van der Waals surface area contributed by atoms with Crippen LogP contribution in [-0.4, -0.2) is 16.2 Å². The molecule has 17 heavy (non-hydrogen) atoms. The first-order valence-electron chi connectivity index (χ1n) is 6.44. The first kappa shape index (κ1) is 14.2. The van der Waals surface area contributed by atoms with Gasteiger partial charge in [-0.15, -0.1) is 0 Å². The number of rotatable bonds is 6. The molecule has 0 fully saturated rings. The molecule has 1 rings (SSSR count). The van der Waals surface area contributed by atoms with Gasteiger partial charge in [0.1, 0.15) is 0 Å². The predicted molar refractivity (Wildman–Crippen MR) is 68.7 cm³/mol. The molecule has 4 heteroatoms. The second kappa shape index (κ2) is 6.15. The topological polar surface area (TPSA) is 64.9 Å². The molecule has 0 spiro atoms. The molecule has 1 aromatic rings. The number of aryl methyl sites for hydroxylation is 2. The lowest BCUT2D eigenvalue weighted by atomic mass is 9.90. The molecular weight excluding hydrogens is 214 g/mol. The summed E-state index contributed by atoms with van der Waals surface area (Å²) in [5, 5.41) is 4.00. The van der Waals surface area contributed by atoms with Crippen molar-refractivity contribution in [3.8, 4) is 0 Å². The van der Waals surface area contributed by atoms with Crippen LogP contribution >= 0.6 is 0 Å². The first-order chi connectivity index (χ1) is 7.87. The van der Waals surface area contributed by atoms with E-state index in [-0.39, 0.29) is 6.04 Å². The summed E-state index contributed by atoms with van der Waals surface area (Å²) in [6.07, 6.45) is 4.81. The second-order valence-corrected chi connectivity index (χ2v) is 6.03. The summed E-state index contributed by atoms with van der Waals surface area (Å²) in [6.45, 7) is 8.67. The Morgan fingerprint density at radius 1 is 1.29 bits per heavy atom. The van der Waals surface area contributed by atoms with Gasteiger partial charge in [-0.1, -0.05) is 25.9 Å². The van der Waals surface area contributed by atoms with E-state index in [1.54, 1.807) is 0 Å². The van der Waals surface area contributed by atoms with Gasteiger partial charge in [-0.3, -0.25) is 0 Å². The van der Waals surface area contributed by atoms with Crippen LogP contribution in [-0.2, 0) is 12.8 Å². The Morgan fingerprint density at radius 2 is 2.00 bits per heavy atom. The van der Waals surface area contributed by atoms with Crippen LogP contribution in [0.3, 0.4) is 0 Å². The number of hydrogen-bond acceptors (Lipinski definition) is 4. The Kier molecular flexibility index (Phi) is 5.12. The lowest BCUT2D eigenvalue weighted by molar-refractivity contribution is 0.353. The monoisotopic (exact) mass is 239 g/mol. The van der Waals surface area contributed by atoms with Gasteiger partial charge in [-0.2, -0.15) is 4.98 Å². The average molecular weight is 239 g/mol. The van der Waals surface area contributed by atoms with Gasteiger partial charge in [-0.25, -0.2) is 0 Å². The molecular formula is C13H25N3O. The zero-order chi connectivity index (χ0) is 12.9. The molecule has 0 radical (unpaired) electrons. The van der Waals surface area contributed by atoms with E-state index in [1.165, 1.54) is 0 Å². The van der Waals surface area contributed by atoms with Crippen molar-refractivity contribution in [1.82, 2.24) is 10.1 Å². The van der Waals surface area contributed by atoms with Gasteiger partial charge in [-0.05, 0) is 31.6 Å². The first-order valence-corrected chi connectivity index (χ1v) is 6.44. The van der Waals surface area contributed by atoms with Gasteiger partial charge >= 0.3 is 0 Å². The van der Waals surface area contributed by atoms with Crippen molar-refractivity contribution in [3.05, 3.63) is 11.7 Å². The highest BCUT2D eigenvalue weighted by molar-refractivity contribution is 4.88. The van der Waals surface area contributed by atoms with E-state index in [9.17, 15) is 0 Å². The molecule has 0 aromatic carbocycles. The summed E-state index contributed by atoms with van der Waals surface area (Å²) in [4.78, 5) is 4.39. The fourth-order valence-electron chi connectivity index (χ4n) is 1.56. The summed E-state index contributed by atoms with van der Waals surface area (Å²) < 4.78 is 5.21. The third-order valence-electron chi connectivity index (χ3n) is 2.66. The van der Waals surface area contributed by atoms with Gasteiger partial charge < -0.3 is 10.3 Å². The minimum Gasteiger partial charge on any atom is -0.339 e. The number of nitrogens with two attached hydrogens (primary N) is 1. The third-order valence-corrected chi connectivity index (χ3v) is 2.66. The van der Waals surface area contributed by atoms with Gasteiger partial charge in [0, 0.05) is 18.9 Å². The van der Waals surface area contributed by atoms with Crippen molar-refractivity contribution in [2.75, 3.05) is 0 Å². The smallest absolute Gasteiger partial charge is 0.226 e. The minimum absolute atomic E-state index is 0.248. The van der Waals surface area contributed by atoms with Crippen molar-refractivity contribution in [1.29, 1.82) is 0 Å². The lowest BCUT2D eigenvalue weighted by Crippen LogP contribution is -2.14. The molecule has 0 aliphatic heterocycles. The molecule has 0 bridgehead atoms. The summed E-state index contributed by atoms with van der Waals surface area (Å²) in [7, 11) is 0. The van der Waals surface area contributed by atoms with Crippen molar-refractivity contribution in [2.24, 2.45) is 11.1 Å². The van der Waals surface area contributed by atoms with Crippen LogP contribution in [0.4, 0.5) is 0 Å². The standard InChI is InChI=1S/C13H25N3O/c1-10(14)6-5-7-12-15-11(16-17-12)8-9-13(2,3)4/h10H,5-9,14H2,1-4H3. The van der Waals surface area contributed by atoms with Gasteiger partial charge in [0.05, 0.1) is 0 Å². The van der Waals surface area contributed by atoms with Crippen LogP contribution in [0.15, 0.2) is 4.52 Å². The van der Waals surface area contributed by atoms with Gasteiger partial charge in [0.2, 0.25) is 5.89 Å². The highest BCUT2D eigenvalue weighted by Crippen LogP contribution is 2.20. The summed E-state index contributed by atoms with van der Waals surface area (Å²) in [5.74, 6) is 1.57. The van der Waals surface area contributed by atoms with E-state index in [2.05, 4.69) is 30.9 Å². The number of hydrogen-bond donors (Lipinski definition) is 1. The van der Waals surface area contributed by atoms with E-state index in [4.69, 9.17) is 10.3 Å². The Hall–Kier alpha value is -0.900. The van der Waals surface area contributed by atoms with Crippen LogP contribution in [0.25, 0.3) is 0 Å². The van der Waals surface area contributed by atoms with E-state index in [0.717, 1.165) is 43.8 Å². The minimum atomic E-state index is 0.248. The van der Waals surface area contributed by atoms with Gasteiger partial charge in [0.25, 0.3) is 0 Å². The molecule has 1 aromatic heterocycles. The number of nitrogens with zero attached hydrogens (tertiary/aromatic N) is 2. The molecule has 0 aliphatic rings. The van der Waals surface area contributed by atoms with Gasteiger partial charge in [0.15, 0.2) is 5.82 Å². The Bertz CT molecular complexity index is 326. The molecule has 4 nitrogen and oxygen atoms in total. The van der Waals surface area contributed by atoms with E-state index in [0.29, 0.717) is 5.41 Å². The van der Waals surface area contributed by atoms with Crippen molar-refractivity contribution in [2.45, 2.75) is 65.8 Å². The van der Waals surface area contributed by atoms with Crippen LogP contribution < -0.4 is 5.73 Å². The van der Waals surface area contributed by atoms with Crippen LogP contribution in [0.2, 0.25) is 0 Å². The van der Waals surface area contributed by atoms with E-state index >= 15 is 0 Å². The summed E-state index contributed by atoms with van der Waals surface area (Å²) in [6, 6.07) is 0.248. The molecule has 2 N–H and O–H groups in total. The molecule has 1 atom stereocenters. The quantitative estimate of drug-likeness (QED) is 0.829. The molecule has 1 unspecified atom stereocenters. The SMILES string of the molecule is CC(N)CCCc1nc(CCC(C)(C)C)no1. The average Bonchev–Trinajstić information content (AvgIpc) is 2.61. The second-order valence-electron chi connectivity index (χ2n) is 6.03. The van der Waals surface area contributed by atoms with E-state index < -0.39 is 0 Å². The largest absolute Gasteiger partial charge is 0.339 e. The molecule has 0 aliphatic carbocycles. The van der Waals surface area contributed by atoms with Crippen molar-refractivity contribution >= 4 is 0 Å². The maximum absolute atomic E-state index is 5.69. The normalized spacial score (nSPS) is 13.9. The fraction of sp³-hybridized carbons (Fsp3) is 0.846. The Morgan fingerprint density at radius 3 is 2.59 bits per heavy atom. The fourth-order valence-corrected chi connectivity index (χ4v) is 1.56. The highest BCUT2D eigenvalue weighted by Gasteiger charge is 2.13. The maximum atomic E-state index is 5.69. The maximum Gasteiger partial charge on any atom is 0.226 e.